The molecular weight excluding hydrogens is 254 g/mol. The Kier molecular flexibility index (Phi) is 6.52. The van der Waals surface area contributed by atoms with Crippen molar-refractivity contribution in [2.24, 2.45) is 5.92 Å². The fraction of sp³-hybridized carbons (Fsp3) is 0.562. The highest BCUT2D eigenvalue weighted by Crippen LogP contribution is 2.23. The van der Waals surface area contributed by atoms with Crippen LogP contribution in [0.3, 0.4) is 0 Å². The average Bonchev–Trinajstić information content (AvgIpc) is 2.40. The van der Waals surface area contributed by atoms with Gasteiger partial charge < -0.3 is 15.5 Å². The minimum Gasteiger partial charge on any atom is -0.507 e. The second-order valence-corrected chi connectivity index (χ2v) is 5.35. The van der Waals surface area contributed by atoms with Gasteiger partial charge >= 0.3 is 0 Å². The Morgan fingerprint density at radius 3 is 2.60 bits per heavy atom. The molecule has 0 aromatic heterocycles. The lowest BCUT2D eigenvalue weighted by molar-refractivity contribution is 0.0940. The summed E-state index contributed by atoms with van der Waals surface area (Å²) in [7, 11) is 0. The lowest BCUT2D eigenvalue weighted by Gasteiger charge is -2.16. The maximum Gasteiger partial charge on any atom is 0.255 e. The summed E-state index contributed by atoms with van der Waals surface area (Å²) < 4.78 is 0. The molecule has 1 aromatic carbocycles. The van der Waals surface area contributed by atoms with Crippen LogP contribution in [-0.4, -0.2) is 29.3 Å². The molecule has 0 aliphatic heterocycles. The number of hydrogen-bond acceptors (Lipinski definition) is 3. The van der Waals surface area contributed by atoms with Gasteiger partial charge in [0, 0.05) is 13.2 Å². The van der Waals surface area contributed by atoms with Crippen LogP contribution in [0.4, 0.5) is 0 Å². The number of aliphatic hydroxyl groups is 1. The third-order valence-corrected chi connectivity index (χ3v) is 3.48. The van der Waals surface area contributed by atoms with Crippen LogP contribution in [0.5, 0.6) is 5.75 Å². The van der Waals surface area contributed by atoms with E-state index in [1.165, 1.54) is 0 Å². The molecule has 0 saturated heterocycles. The van der Waals surface area contributed by atoms with Gasteiger partial charge in [-0.3, -0.25) is 4.79 Å². The molecule has 0 spiro atoms. The van der Waals surface area contributed by atoms with Gasteiger partial charge in [-0.25, -0.2) is 0 Å². The van der Waals surface area contributed by atoms with Gasteiger partial charge in [0.25, 0.3) is 5.91 Å². The van der Waals surface area contributed by atoms with E-state index >= 15 is 0 Å². The molecule has 1 unspecified atom stereocenters. The minimum atomic E-state index is -0.256. The number of aromatic hydroxyl groups is 1. The van der Waals surface area contributed by atoms with Gasteiger partial charge in [0.2, 0.25) is 0 Å². The zero-order valence-corrected chi connectivity index (χ0v) is 12.6. The Morgan fingerprint density at radius 1 is 1.30 bits per heavy atom. The third kappa shape index (κ3) is 4.53. The number of carbonyl (C=O) groups excluding carboxylic acids is 1. The molecule has 3 N–H and O–H groups in total. The molecule has 112 valence electrons. The van der Waals surface area contributed by atoms with Gasteiger partial charge in [0.05, 0.1) is 5.56 Å². The zero-order chi connectivity index (χ0) is 15.1. The number of aryl methyl sites for hydroxylation is 2. The van der Waals surface area contributed by atoms with Crippen molar-refractivity contribution in [1.82, 2.24) is 5.32 Å². The monoisotopic (exact) mass is 279 g/mol. The smallest absolute Gasteiger partial charge is 0.255 e. The highest BCUT2D eigenvalue weighted by molar-refractivity contribution is 5.97. The van der Waals surface area contributed by atoms with Crippen molar-refractivity contribution in [3.8, 4) is 5.75 Å². The quantitative estimate of drug-likeness (QED) is 0.718. The van der Waals surface area contributed by atoms with Crippen LogP contribution in [0.2, 0.25) is 0 Å². The van der Waals surface area contributed by atoms with E-state index in [1.54, 1.807) is 13.0 Å². The van der Waals surface area contributed by atoms with Crippen LogP contribution in [0.25, 0.3) is 0 Å². The Labute approximate surface area is 120 Å². The van der Waals surface area contributed by atoms with E-state index in [2.05, 4.69) is 12.2 Å². The molecule has 0 aliphatic rings. The number of hydrogen-bond donors (Lipinski definition) is 3. The van der Waals surface area contributed by atoms with Crippen LogP contribution < -0.4 is 5.32 Å². The molecule has 1 atom stereocenters. The first kappa shape index (κ1) is 16.5. The minimum absolute atomic E-state index is 0.0438. The van der Waals surface area contributed by atoms with Crippen LogP contribution in [-0.2, 0) is 0 Å². The number of nitrogens with one attached hydrogen (secondary N) is 1. The molecular formula is C16H25NO3. The maximum absolute atomic E-state index is 12.1. The summed E-state index contributed by atoms with van der Waals surface area (Å²) in [4.78, 5) is 12.1. The van der Waals surface area contributed by atoms with Crippen molar-refractivity contribution >= 4 is 5.91 Å². The first-order valence-corrected chi connectivity index (χ1v) is 7.18. The van der Waals surface area contributed by atoms with E-state index in [4.69, 9.17) is 5.11 Å². The molecule has 0 bridgehead atoms. The number of carbonyl (C=O) groups is 1. The summed E-state index contributed by atoms with van der Waals surface area (Å²) in [5.74, 6) is 0.0673. The fourth-order valence-corrected chi connectivity index (χ4v) is 2.40. The number of aliphatic hydroxyl groups excluding tert-OH is 1. The largest absolute Gasteiger partial charge is 0.507 e. The predicted octanol–water partition coefficient (Wildman–Crippen LogP) is 2.54. The second-order valence-electron chi connectivity index (χ2n) is 5.35. The number of rotatable bonds is 7. The van der Waals surface area contributed by atoms with Crippen molar-refractivity contribution in [3.63, 3.8) is 0 Å². The Hall–Kier alpha value is -1.55. The average molecular weight is 279 g/mol. The normalized spacial score (nSPS) is 12.2. The summed E-state index contributed by atoms with van der Waals surface area (Å²) >= 11 is 0. The topological polar surface area (TPSA) is 69.6 Å². The first-order valence-electron chi connectivity index (χ1n) is 7.18. The Morgan fingerprint density at radius 2 is 2.00 bits per heavy atom. The lowest BCUT2D eigenvalue weighted by Crippen LogP contribution is -2.30. The van der Waals surface area contributed by atoms with E-state index in [1.807, 2.05) is 13.0 Å². The Bertz CT molecular complexity index is 451. The van der Waals surface area contributed by atoms with Crippen molar-refractivity contribution in [3.05, 3.63) is 28.8 Å². The van der Waals surface area contributed by atoms with Gasteiger partial charge in [-0.05, 0) is 49.8 Å². The van der Waals surface area contributed by atoms with E-state index in [9.17, 15) is 9.90 Å². The van der Waals surface area contributed by atoms with Crippen LogP contribution in [0, 0.1) is 19.8 Å². The zero-order valence-electron chi connectivity index (χ0n) is 12.6. The molecule has 0 fully saturated rings. The summed E-state index contributed by atoms with van der Waals surface area (Å²) in [6.45, 7) is 6.43. The van der Waals surface area contributed by atoms with Crippen molar-refractivity contribution in [1.29, 1.82) is 0 Å². The molecule has 4 heteroatoms. The SMILES string of the molecule is CCCC(CCO)CNC(=O)c1cc(C)cc(C)c1O. The van der Waals surface area contributed by atoms with Gasteiger partial charge in [0.1, 0.15) is 5.75 Å². The van der Waals surface area contributed by atoms with Gasteiger partial charge in [0.15, 0.2) is 0 Å². The van der Waals surface area contributed by atoms with Crippen LogP contribution in [0.15, 0.2) is 12.1 Å². The standard InChI is InChI=1S/C16H25NO3/c1-4-5-13(6-7-18)10-17-16(20)14-9-11(2)8-12(3)15(14)19/h8-9,13,18-19H,4-7,10H2,1-3H3,(H,17,20). The second kappa shape index (κ2) is 7.90. The maximum atomic E-state index is 12.1. The molecule has 1 aromatic rings. The predicted molar refractivity (Wildman–Crippen MR) is 80.0 cm³/mol. The molecule has 4 nitrogen and oxygen atoms in total. The molecule has 1 amide bonds. The van der Waals surface area contributed by atoms with Crippen LogP contribution in [0.1, 0.15) is 47.7 Å². The number of amides is 1. The van der Waals surface area contributed by atoms with E-state index in [0.29, 0.717) is 24.1 Å². The highest BCUT2D eigenvalue weighted by Gasteiger charge is 2.15. The molecule has 0 radical (unpaired) electrons. The highest BCUT2D eigenvalue weighted by atomic mass is 16.3. The van der Waals surface area contributed by atoms with Gasteiger partial charge in [-0.2, -0.15) is 0 Å². The first-order chi connectivity index (χ1) is 9.49. The van der Waals surface area contributed by atoms with E-state index in [0.717, 1.165) is 18.4 Å². The molecule has 20 heavy (non-hydrogen) atoms. The summed E-state index contributed by atoms with van der Waals surface area (Å²) in [5.41, 5.74) is 1.98. The lowest BCUT2D eigenvalue weighted by atomic mass is 9.99. The van der Waals surface area contributed by atoms with E-state index in [-0.39, 0.29) is 24.2 Å². The summed E-state index contributed by atoms with van der Waals surface area (Å²) in [5, 5.41) is 21.8. The molecule has 0 aliphatic carbocycles. The van der Waals surface area contributed by atoms with E-state index < -0.39 is 0 Å². The van der Waals surface area contributed by atoms with Crippen molar-refractivity contribution < 1.29 is 15.0 Å². The molecule has 0 heterocycles. The number of phenolic OH excluding ortho intramolecular Hbond substituents is 1. The summed E-state index contributed by atoms with van der Waals surface area (Å²) in [6, 6.07) is 3.54. The fourth-order valence-electron chi connectivity index (χ4n) is 2.40. The third-order valence-electron chi connectivity index (χ3n) is 3.48. The van der Waals surface area contributed by atoms with Gasteiger partial charge in [-0.1, -0.05) is 19.4 Å². The number of phenols is 1. The summed E-state index contributed by atoms with van der Waals surface area (Å²) in [6.07, 6.45) is 2.68. The molecule has 1 rings (SSSR count). The number of benzene rings is 1. The molecule has 0 saturated carbocycles. The van der Waals surface area contributed by atoms with Crippen molar-refractivity contribution in [2.45, 2.75) is 40.0 Å². The van der Waals surface area contributed by atoms with Crippen LogP contribution >= 0.6 is 0 Å². The Balaban J connectivity index is 2.71. The van der Waals surface area contributed by atoms with Gasteiger partial charge in [-0.15, -0.1) is 0 Å². The van der Waals surface area contributed by atoms with Crippen molar-refractivity contribution in [2.75, 3.05) is 13.2 Å².